The van der Waals surface area contributed by atoms with Crippen LogP contribution in [0.15, 0.2) is 12.1 Å². The van der Waals surface area contributed by atoms with Gasteiger partial charge in [-0.2, -0.15) is 0 Å². The lowest BCUT2D eigenvalue weighted by molar-refractivity contribution is -0.117. The van der Waals surface area contributed by atoms with Gasteiger partial charge in [0.05, 0.1) is 9.32 Å². The van der Waals surface area contributed by atoms with Crippen molar-refractivity contribution in [3.63, 3.8) is 0 Å². The molecule has 1 atom stereocenters. The number of halogens is 4. The van der Waals surface area contributed by atoms with Crippen LogP contribution in [-0.2, 0) is 13.8 Å². The highest BCUT2D eigenvalue weighted by Crippen LogP contribution is 2.29. The second-order valence-corrected chi connectivity index (χ2v) is 8.40. The predicted molar refractivity (Wildman–Crippen MR) is 79.2 cm³/mol. The highest BCUT2D eigenvalue weighted by molar-refractivity contribution is 14.1. The topological polar surface area (TPSA) is 54.5 Å². The molecule has 0 N–H and O–H groups in total. The number of nitrogens with zero attached hydrogens (tertiary/aromatic N) is 1. The Balaban J connectivity index is 2.24. The molecule has 0 spiro atoms. The molecular formula is C11H9ClF2INO3S. The molecular weight excluding hydrogens is 427 g/mol. The lowest BCUT2D eigenvalue weighted by Gasteiger charge is -2.17. The molecule has 1 aromatic rings. The van der Waals surface area contributed by atoms with Crippen LogP contribution in [-0.4, -0.2) is 26.6 Å². The predicted octanol–water partition coefficient (Wildman–Crippen LogP) is 2.49. The van der Waals surface area contributed by atoms with E-state index in [-0.39, 0.29) is 33.9 Å². The van der Waals surface area contributed by atoms with Crippen molar-refractivity contribution in [2.45, 2.75) is 6.42 Å². The maximum absolute atomic E-state index is 13.5. The fourth-order valence-electron chi connectivity index (χ4n) is 2.12. The number of anilines is 1. The van der Waals surface area contributed by atoms with Crippen LogP contribution in [0, 0.1) is 21.1 Å². The highest BCUT2D eigenvalue weighted by atomic mass is 127. The molecule has 1 saturated heterocycles. The molecule has 0 aliphatic carbocycles. The summed E-state index contributed by atoms with van der Waals surface area (Å²) in [5.74, 6) is -2.72. The van der Waals surface area contributed by atoms with Gasteiger partial charge in [0.1, 0.15) is 11.6 Å². The molecule has 0 radical (unpaired) electrons. The minimum Gasteiger partial charge on any atom is -0.312 e. The van der Waals surface area contributed by atoms with Crippen molar-refractivity contribution in [2.75, 3.05) is 17.2 Å². The first kappa shape index (κ1) is 15.9. The zero-order valence-electron chi connectivity index (χ0n) is 9.95. The van der Waals surface area contributed by atoms with Crippen LogP contribution in [0.25, 0.3) is 0 Å². The van der Waals surface area contributed by atoms with Crippen molar-refractivity contribution < 1.29 is 22.0 Å². The fourth-order valence-corrected chi connectivity index (χ4v) is 3.75. The molecule has 1 aliphatic rings. The van der Waals surface area contributed by atoms with Gasteiger partial charge in [0.15, 0.2) is 0 Å². The lowest BCUT2D eigenvalue weighted by Crippen LogP contribution is -2.25. The molecule has 4 nitrogen and oxygen atoms in total. The first-order valence-electron chi connectivity index (χ1n) is 5.54. The summed E-state index contributed by atoms with van der Waals surface area (Å²) in [6.45, 7) is 0.0737. The van der Waals surface area contributed by atoms with Crippen LogP contribution >= 0.6 is 33.3 Å². The monoisotopic (exact) mass is 435 g/mol. The minimum absolute atomic E-state index is 0.0127. The van der Waals surface area contributed by atoms with E-state index in [2.05, 4.69) is 0 Å². The Bertz CT molecular complexity index is 645. The van der Waals surface area contributed by atoms with Gasteiger partial charge in [-0.05, 0) is 34.7 Å². The Morgan fingerprint density at radius 2 is 1.90 bits per heavy atom. The Morgan fingerprint density at radius 1 is 1.35 bits per heavy atom. The van der Waals surface area contributed by atoms with Gasteiger partial charge in [-0.3, -0.25) is 4.79 Å². The Kier molecular flexibility index (Phi) is 4.55. The van der Waals surface area contributed by atoms with Gasteiger partial charge in [0.25, 0.3) is 0 Å². The first-order chi connectivity index (χ1) is 9.17. The number of rotatable bonds is 3. The van der Waals surface area contributed by atoms with E-state index in [9.17, 15) is 22.0 Å². The number of hydrogen-bond acceptors (Lipinski definition) is 3. The normalized spacial score (nSPS) is 19.7. The standard InChI is InChI=1S/C11H9ClF2INO3S/c12-20(18,19)5-6-1-10(17)16(4-6)7-2-8(13)11(15)9(14)3-7/h2-3,6H,1,4-5H2. The van der Waals surface area contributed by atoms with Crippen LogP contribution in [0.5, 0.6) is 0 Å². The van der Waals surface area contributed by atoms with Gasteiger partial charge in [0.2, 0.25) is 15.0 Å². The SMILES string of the molecule is O=C1CC(CS(=O)(=O)Cl)CN1c1cc(F)c(I)c(F)c1. The third-order valence-electron chi connectivity index (χ3n) is 2.92. The average Bonchev–Trinajstić information content (AvgIpc) is 2.63. The molecule has 9 heteroatoms. The van der Waals surface area contributed by atoms with Gasteiger partial charge < -0.3 is 4.90 Å². The molecule has 1 heterocycles. The summed E-state index contributed by atoms with van der Waals surface area (Å²) in [6.07, 6.45) is -0.0127. The molecule has 1 aliphatic heterocycles. The number of benzene rings is 1. The van der Waals surface area contributed by atoms with Crippen molar-refractivity contribution in [1.82, 2.24) is 0 Å². The third kappa shape index (κ3) is 3.59. The maximum Gasteiger partial charge on any atom is 0.232 e. The molecule has 110 valence electrons. The van der Waals surface area contributed by atoms with Gasteiger partial charge in [-0.25, -0.2) is 17.2 Å². The Hall–Kier alpha value is -0.480. The van der Waals surface area contributed by atoms with Gasteiger partial charge in [-0.15, -0.1) is 0 Å². The summed E-state index contributed by atoms with van der Waals surface area (Å²) < 4.78 is 48.8. The molecule has 1 fully saturated rings. The van der Waals surface area contributed by atoms with Crippen LogP contribution in [0.1, 0.15) is 6.42 Å². The largest absolute Gasteiger partial charge is 0.312 e. The van der Waals surface area contributed by atoms with Gasteiger partial charge in [-0.1, -0.05) is 0 Å². The van der Waals surface area contributed by atoms with E-state index in [1.54, 1.807) is 0 Å². The number of hydrogen-bond donors (Lipinski definition) is 0. The van der Waals surface area contributed by atoms with E-state index in [1.807, 2.05) is 0 Å². The first-order valence-corrected chi connectivity index (χ1v) is 9.10. The maximum atomic E-state index is 13.5. The second-order valence-electron chi connectivity index (χ2n) is 4.50. The van der Waals surface area contributed by atoms with Crippen molar-refractivity contribution >= 4 is 53.9 Å². The molecule has 0 bridgehead atoms. The van der Waals surface area contributed by atoms with Crippen molar-refractivity contribution in [3.05, 3.63) is 27.3 Å². The summed E-state index contributed by atoms with van der Waals surface area (Å²) in [6, 6.07) is 2.11. The summed E-state index contributed by atoms with van der Waals surface area (Å²) in [4.78, 5) is 13.0. The average molecular weight is 436 g/mol. The third-order valence-corrected chi connectivity index (χ3v) is 5.20. The summed E-state index contributed by atoms with van der Waals surface area (Å²) in [5.41, 5.74) is 0.0832. The summed E-state index contributed by atoms with van der Waals surface area (Å²) in [5, 5.41) is 0. The molecule has 0 aromatic heterocycles. The van der Waals surface area contributed by atoms with E-state index in [4.69, 9.17) is 10.7 Å². The second kappa shape index (κ2) is 5.72. The molecule has 1 amide bonds. The van der Waals surface area contributed by atoms with Crippen LogP contribution in [0.3, 0.4) is 0 Å². The molecule has 0 saturated carbocycles. The number of carbonyl (C=O) groups is 1. The van der Waals surface area contributed by atoms with Gasteiger partial charge >= 0.3 is 0 Å². The fraction of sp³-hybridized carbons (Fsp3) is 0.364. The van der Waals surface area contributed by atoms with E-state index in [0.29, 0.717) is 0 Å². The molecule has 20 heavy (non-hydrogen) atoms. The number of amides is 1. The van der Waals surface area contributed by atoms with Crippen molar-refractivity contribution in [3.8, 4) is 0 Å². The lowest BCUT2D eigenvalue weighted by atomic mass is 10.1. The highest BCUT2D eigenvalue weighted by Gasteiger charge is 2.33. The van der Waals surface area contributed by atoms with Gasteiger partial charge in [0, 0.05) is 35.3 Å². The summed E-state index contributed by atoms with van der Waals surface area (Å²) in [7, 11) is 1.43. The van der Waals surface area contributed by atoms with Crippen LogP contribution in [0.4, 0.5) is 14.5 Å². The summed E-state index contributed by atoms with van der Waals surface area (Å²) >= 11 is 1.53. The minimum atomic E-state index is -3.72. The van der Waals surface area contributed by atoms with E-state index in [1.165, 1.54) is 27.5 Å². The Morgan fingerprint density at radius 3 is 2.40 bits per heavy atom. The quantitative estimate of drug-likeness (QED) is 0.416. The van der Waals surface area contributed by atoms with E-state index in [0.717, 1.165) is 12.1 Å². The molecule has 1 unspecified atom stereocenters. The van der Waals surface area contributed by atoms with Crippen molar-refractivity contribution in [2.24, 2.45) is 5.92 Å². The number of carbonyl (C=O) groups excluding carboxylic acids is 1. The zero-order valence-corrected chi connectivity index (χ0v) is 13.7. The zero-order chi connectivity index (χ0) is 15.1. The van der Waals surface area contributed by atoms with E-state index < -0.39 is 26.6 Å². The van der Waals surface area contributed by atoms with Crippen molar-refractivity contribution in [1.29, 1.82) is 0 Å². The van der Waals surface area contributed by atoms with Crippen LogP contribution < -0.4 is 4.90 Å². The Labute approximate surface area is 132 Å². The molecule has 1 aromatic carbocycles. The molecule has 2 rings (SSSR count). The van der Waals surface area contributed by atoms with E-state index >= 15 is 0 Å². The van der Waals surface area contributed by atoms with Crippen LogP contribution in [0.2, 0.25) is 0 Å². The smallest absolute Gasteiger partial charge is 0.232 e.